The van der Waals surface area contributed by atoms with Crippen molar-refractivity contribution in [3.05, 3.63) is 83.9 Å². The number of benzene rings is 3. The minimum Gasteiger partial charge on any atom is -0.488 e. The third-order valence-corrected chi connectivity index (χ3v) is 7.47. The fourth-order valence-corrected chi connectivity index (χ4v) is 4.85. The number of aliphatic hydroxyl groups is 1. The molecule has 1 aliphatic rings. The number of anilines is 3. The first-order valence-corrected chi connectivity index (χ1v) is 14.4. The molecule has 0 saturated heterocycles. The van der Waals surface area contributed by atoms with Gasteiger partial charge in [0.05, 0.1) is 31.2 Å². The lowest BCUT2D eigenvalue weighted by atomic mass is 10.0. The number of para-hydroxylation sites is 1. The molecule has 3 aromatic carbocycles. The summed E-state index contributed by atoms with van der Waals surface area (Å²) in [4.78, 5) is 41.9. The van der Waals surface area contributed by atoms with Gasteiger partial charge in [-0.15, -0.1) is 0 Å². The molecule has 0 aliphatic carbocycles. The number of hydrogen-bond acceptors (Lipinski definition) is 5. The molecule has 4 rings (SSSR count). The molecule has 0 radical (unpaired) electrons. The number of amides is 5. The highest BCUT2D eigenvalue weighted by atomic mass is 19.4. The van der Waals surface area contributed by atoms with Crippen LogP contribution in [0.15, 0.2) is 72.8 Å². The Morgan fingerprint density at radius 1 is 1.00 bits per heavy atom. The molecule has 1 aliphatic heterocycles. The third kappa shape index (κ3) is 8.88. The van der Waals surface area contributed by atoms with Gasteiger partial charge in [-0.1, -0.05) is 25.1 Å². The molecule has 3 atom stereocenters. The Balaban J connectivity index is 1.53. The topological polar surface area (TPSA) is 123 Å². The van der Waals surface area contributed by atoms with Gasteiger partial charge in [0.25, 0.3) is 0 Å². The molecule has 45 heavy (non-hydrogen) atoms. The van der Waals surface area contributed by atoms with Gasteiger partial charge in [0.1, 0.15) is 11.9 Å². The molecule has 1 heterocycles. The molecule has 13 heteroatoms. The van der Waals surface area contributed by atoms with E-state index in [4.69, 9.17) is 4.74 Å². The number of carbonyl (C=O) groups is 3. The average Bonchev–Trinajstić information content (AvgIpc) is 3.04. The second kappa shape index (κ2) is 14.3. The van der Waals surface area contributed by atoms with Gasteiger partial charge in [0.2, 0.25) is 5.91 Å². The van der Waals surface area contributed by atoms with Crippen LogP contribution in [0.3, 0.4) is 0 Å². The number of aliphatic hydroxyl groups excluding tert-OH is 1. The van der Waals surface area contributed by atoms with Crippen molar-refractivity contribution < 1.29 is 37.4 Å². The van der Waals surface area contributed by atoms with Crippen molar-refractivity contribution >= 4 is 35.0 Å². The molecule has 4 N–H and O–H groups in total. The summed E-state index contributed by atoms with van der Waals surface area (Å²) >= 11 is 0. The maximum absolute atomic E-state index is 13.4. The van der Waals surface area contributed by atoms with Gasteiger partial charge in [0.15, 0.2) is 0 Å². The van der Waals surface area contributed by atoms with Crippen molar-refractivity contribution in [1.29, 1.82) is 0 Å². The number of rotatable bonds is 7. The molecule has 0 aromatic heterocycles. The van der Waals surface area contributed by atoms with Crippen LogP contribution in [0.25, 0.3) is 0 Å². The maximum atomic E-state index is 13.4. The lowest BCUT2D eigenvalue weighted by molar-refractivity contribution is -0.137. The molecule has 10 nitrogen and oxygen atoms in total. The van der Waals surface area contributed by atoms with Crippen LogP contribution in [-0.2, 0) is 17.4 Å². The third-order valence-electron chi connectivity index (χ3n) is 7.47. The Hall–Kier alpha value is -4.78. The van der Waals surface area contributed by atoms with Gasteiger partial charge in [-0.05, 0) is 61.5 Å². The quantitative estimate of drug-likeness (QED) is 0.269. The Kier molecular flexibility index (Phi) is 10.6. The summed E-state index contributed by atoms with van der Waals surface area (Å²) in [7, 11) is 1.53. The minimum absolute atomic E-state index is 0.0564. The van der Waals surface area contributed by atoms with Gasteiger partial charge in [-0.3, -0.25) is 4.79 Å². The van der Waals surface area contributed by atoms with E-state index in [2.05, 4.69) is 16.0 Å². The summed E-state index contributed by atoms with van der Waals surface area (Å²) in [6.07, 6.45) is -5.17. The molecule has 0 saturated carbocycles. The molecular weight excluding hydrogens is 591 g/mol. The largest absolute Gasteiger partial charge is 0.488 e. The number of halogens is 3. The predicted molar refractivity (Wildman–Crippen MR) is 164 cm³/mol. The number of nitrogens with zero attached hydrogens (tertiary/aromatic N) is 2. The lowest BCUT2D eigenvalue weighted by Gasteiger charge is -2.34. The van der Waals surface area contributed by atoms with Gasteiger partial charge < -0.3 is 35.6 Å². The zero-order chi connectivity index (χ0) is 32.7. The van der Waals surface area contributed by atoms with Crippen molar-refractivity contribution in [3.8, 4) is 5.75 Å². The first-order chi connectivity index (χ1) is 21.3. The number of carbonyl (C=O) groups excluding carboxylic acids is 3. The first-order valence-electron chi connectivity index (χ1n) is 14.4. The fourth-order valence-electron chi connectivity index (χ4n) is 4.85. The molecule has 0 spiro atoms. The highest BCUT2D eigenvalue weighted by Gasteiger charge is 2.32. The molecule has 240 valence electrons. The highest BCUT2D eigenvalue weighted by Crippen LogP contribution is 2.31. The number of likely N-dealkylation sites (N-methyl/N-ethyl adjacent to an activating group) is 1. The van der Waals surface area contributed by atoms with E-state index >= 15 is 0 Å². The smallest absolute Gasteiger partial charge is 0.416 e. The molecule has 3 aromatic rings. The van der Waals surface area contributed by atoms with Gasteiger partial charge in [-0.2, -0.15) is 13.2 Å². The Bertz CT molecular complexity index is 1490. The number of fused-ring (bicyclic) bond motifs is 1. The first kappa shape index (κ1) is 33.1. The summed E-state index contributed by atoms with van der Waals surface area (Å²) in [5.74, 6) is -0.151. The van der Waals surface area contributed by atoms with E-state index in [-0.39, 0.29) is 43.6 Å². The van der Waals surface area contributed by atoms with E-state index in [0.29, 0.717) is 22.7 Å². The van der Waals surface area contributed by atoms with Crippen molar-refractivity contribution in [2.24, 2.45) is 5.92 Å². The number of ether oxygens (including phenoxy) is 1. The number of alkyl halides is 3. The second-order valence-electron chi connectivity index (χ2n) is 11.0. The Morgan fingerprint density at radius 3 is 2.27 bits per heavy atom. The lowest BCUT2D eigenvalue weighted by Crippen LogP contribution is -2.48. The van der Waals surface area contributed by atoms with Crippen LogP contribution in [-0.4, -0.2) is 71.8 Å². The maximum Gasteiger partial charge on any atom is 0.416 e. The summed E-state index contributed by atoms with van der Waals surface area (Å²) in [6, 6.07) is 16.4. The zero-order valence-electron chi connectivity index (χ0n) is 25.1. The molecule has 0 fully saturated rings. The highest BCUT2D eigenvalue weighted by molar-refractivity contribution is 6.00. The number of hydrogen-bond donors (Lipinski definition) is 4. The number of urea groups is 2. The van der Waals surface area contributed by atoms with Crippen LogP contribution < -0.4 is 20.7 Å². The van der Waals surface area contributed by atoms with Crippen molar-refractivity contribution in [2.75, 3.05) is 42.7 Å². The van der Waals surface area contributed by atoms with Gasteiger partial charge >= 0.3 is 18.2 Å². The fraction of sp³-hybridized carbons (Fsp3) is 0.344. The van der Waals surface area contributed by atoms with Gasteiger partial charge in [-0.25, -0.2) is 9.59 Å². The van der Waals surface area contributed by atoms with Crippen LogP contribution in [0.2, 0.25) is 0 Å². The summed E-state index contributed by atoms with van der Waals surface area (Å²) in [5, 5.41) is 18.0. The summed E-state index contributed by atoms with van der Waals surface area (Å²) < 4.78 is 45.2. The zero-order valence-corrected chi connectivity index (χ0v) is 25.1. The number of nitrogens with one attached hydrogen (secondary N) is 3. The van der Waals surface area contributed by atoms with E-state index in [9.17, 15) is 32.7 Å². The predicted octanol–water partition coefficient (Wildman–Crippen LogP) is 5.66. The molecular formula is C32H36F3N5O5. The van der Waals surface area contributed by atoms with Crippen LogP contribution >= 0.6 is 0 Å². The van der Waals surface area contributed by atoms with E-state index in [1.807, 2.05) is 13.0 Å². The van der Waals surface area contributed by atoms with E-state index in [0.717, 1.165) is 12.1 Å². The van der Waals surface area contributed by atoms with Crippen LogP contribution in [0, 0.1) is 5.92 Å². The van der Waals surface area contributed by atoms with Crippen LogP contribution in [0.5, 0.6) is 5.75 Å². The van der Waals surface area contributed by atoms with E-state index < -0.39 is 35.9 Å². The normalized spacial score (nSPS) is 17.5. The van der Waals surface area contributed by atoms with Crippen LogP contribution in [0.4, 0.5) is 39.8 Å². The molecule has 5 amide bonds. The monoisotopic (exact) mass is 627 g/mol. The Morgan fingerprint density at radius 2 is 1.62 bits per heavy atom. The standard InChI is InChI=1S/C32H36F3N5O5/c1-20-17-40(21(2)19-41)29(42)16-22-15-26(37-30(43)36-24-7-5-4-6-8-24)13-14-27(22)45-28(20)18-39(3)31(44)38-25-11-9-23(10-12-25)32(33,34)35/h4-15,20-21,28,41H,16-19H2,1-3H3,(H,38,44)(H2,36,37,43)/t20-,21-,28+/m0/s1. The van der Waals surface area contributed by atoms with Crippen LogP contribution in [0.1, 0.15) is 25.0 Å². The van der Waals surface area contributed by atoms with Crippen molar-refractivity contribution in [1.82, 2.24) is 9.80 Å². The van der Waals surface area contributed by atoms with E-state index in [1.54, 1.807) is 54.3 Å². The van der Waals surface area contributed by atoms with Crippen molar-refractivity contribution in [2.45, 2.75) is 38.6 Å². The summed E-state index contributed by atoms with van der Waals surface area (Å²) in [5.41, 5.74) is 0.902. The van der Waals surface area contributed by atoms with Crippen molar-refractivity contribution in [3.63, 3.8) is 0 Å². The van der Waals surface area contributed by atoms with Gasteiger partial charge in [0, 0.05) is 42.1 Å². The Labute approximate surface area is 259 Å². The molecule has 0 bridgehead atoms. The average molecular weight is 628 g/mol. The minimum atomic E-state index is -4.49. The summed E-state index contributed by atoms with van der Waals surface area (Å²) in [6.45, 7) is 3.65. The van der Waals surface area contributed by atoms with E-state index in [1.165, 1.54) is 24.1 Å². The SMILES string of the molecule is C[C@H]1CN([C@@H](C)CO)C(=O)Cc2cc(NC(=O)Nc3ccccc3)ccc2O[C@@H]1CN(C)C(=O)Nc1ccc(C(F)(F)F)cc1. The molecule has 0 unspecified atom stereocenters. The second-order valence-corrected chi connectivity index (χ2v) is 11.0.